The third kappa shape index (κ3) is 19.2. The lowest BCUT2D eigenvalue weighted by atomic mass is 9.89. The van der Waals surface area contributed by atoms with Crippen LogP contribution in [0.15, 0.2) is 78.0 Å². The van der Waals surface area contributed by atoms with E-state index in [1.165, 1.54) is 76.9 Å². The maximum Gasteiger partial charge on any atom is 0.319 e. The minimum absolute atomic E-state index is 0.0235. The third-order valence-corrected chi connectivity index (χ3v) is 28.2. The number of carbonyl (C=O) groups excluding carboxylic acids is 1. The monoisotopic (exact) mass is 1250 g/mol. The molecule has 4 aromatic carbocycles. The molecule has 2 aliphatic carbocycles. The average Bonchev–Trinajstić information content (AvgIpc) is 4.08. The van der Waals surface area contributed by atoms with Crippen LogP contribution < -0.4 is 44.8 Å². The lowest BCUT2D eigenvalue weighted by Gasteiger charge is -2.39. The molecule has 4 fully saturated rings. The van der Waals surface area contributed by atoms with Crippen LogP contribution in [0.2, 0.25) is 46.3 Å². The molecular formula is C65H100Cl2N6O10Si2. The molecule has 2 saturated heterocycles. The van der Waals surface area contributed by atoms with Crippen LogP contribution in [0.3, 0.4) is 0 Å². The first-order valence-electron chi connectivity index (χ1n) is 30.2. The summed E-state index contributed by atoms with van der Waals surface area (Å²) in [7, 11) is 5.45. The number of benzene rings is 4. The highest BCUT2D eigenvalue weighted by Crippen LogP contribution is 2.44. The molecule has 6 atom stereocenters. The summed E-state index contributed by atoms with van der Waals surface area (Å²) in [6.07, 6.45) is 11.3. The minimum Gasteiger partial charge on any atom is -0.493 e. The number of nitrogens with one attached hydrogen (secondary N) is 2. The van der Waals surface area contributed by atoms with E-state index in [4.69, 9.17) is 66.2 Å². The van der Waals surface area contributed by atoms with E-state index >= 15 is 0 Å². The second-order valence-electron chi connectivity index (χ2n) is 26.5. The number of piperidine rings is 2. The lowest BCUT2D eigenvalue weighted by molar-refractivity contribution is 0.110. The van der Waals surface area contributed by atoms with Gasteiger partial charge in [0.2, 0.25) is 11.5 Å². The Balaban J connectivity index is 0.000000234. The topological polar surface area (TPSA) is 177 Å². The molecule has 0 aromatic heterocycles. The standard InChI is InChI=1S/C33H50ClN3O5Si.C23H39ClN2OSi.C9H11NO4/c1-33(2,3)43(7,8)42-26-20-27(36-32(38)35-25-18-29(39-4)31(41-6)30(19-25)40-5)28(21-26)37-15-13-23(14-16-37)17-22-9-11-24(34)12-10-22;1-23(2,3)28(4,5)27-20-15-21(25)22(16-20)26-12-10-18(11-13-26)14-17-6-8-19(24)9-7-17;1-12-7-4-6(10-11)5-8(13-2)9(7)14-3/h9-12,18-19,23,26-28H,13-17,20-21H2,1-8H3,(H2,35,36,38);6-9,18,20-22H,10-16,25H2,1-5H3;4-5H,1-3H3/t26-,27+,28+;20-,21+,22+;/m00./s1. The maximum absolute atomic E-state index is 13.4. The Morgan fingerprint density at radius 3 is 1.33 bits per heavy atom. The highest BCUT2D eigenvalue weighted by Gasteiger charge is 2.47. The molecule has 2 heterocycles. The molecule has 0 unspecified atom stereocenters. The smallest absolute Gasteiger partial charge is 0.319 e. The molecular weight excluding hydrogens is 1150 g/mol. The number of urea groups is 1. The predicted molar refractivity (Wildman–Crippen MR) is 351 cm³/mol. The van der Waals surface area contributed by atoms with Gasteiger partial charge in [-0.3, -0.25) is 9.80 Å². The first kappa shape index (κ1) is 69.5. The molecule has 2 amide bonds. The number of nitrogens with zero attached hydrogens (tertiary/aromatic N) is 3. The van der Waals surface area contributed by atoms with Crippen molar-refractivity contribution < 1.29 is 42.1 Å². The van der Waals surface area contributed by atoms with E-state index in [1.807, 2.05) is 24.3 Å². The van der Waals surface area contributed by atoms with Crippen molar-refractivity contribution in [2.24, 2.45) is 22.7 Å². The Hall–Kier alpha value is -4.64. The summed E-state index contributed by atoms with van der Waals surface area (Å²) in [5.41, 5.74) is 10.1. The van der Waals surface area contributed by atoms with Crippen LogP contribution in [-0.2, 0) is 21.7 Å². The summed E-state index contributed by atoms with van der Waals surface area (Å²) >= 11 is 12.1. The van der Waals surface area contributed by atoms with Gasteiger partial charge >= 0.3 is 6.03 Å². The fourth-order valence-electron chi connectivity index (χ4n) is 11.8. The number of carbonyl (C=O) groups is 1. The van der Waals surface area contributed by atoms with Gasteiger partial charge in [0.05, 0.1) is 48.3 Å². The SMILES string of the molecule is CC(C)(C)[Si](C)(C)O[C@H]1C[C@@H](N)[C@H](N2CCC(Cc3ccc(Cl)cc3)CC2)C1.COc1cc(N=O)cc(OC)c1OC.COc1cc(NC(=O)N[C@@H]2C[C@H](O[Si](C)(C)C(C)(C)C)C[C@H]2N2CCC(Cc3ccc(Cl)cc3)CC2)cc(OC)c1OC. The van der Waals surface area contributed by atoms with E-state index in [0.29, 0.717) is 58.2 Å². The Morgan fingerprint density at radius 1 is 0.576 bits per heavy atom. The number of nitrogens with two attached hydrogens (primary N) is 1. The normalized spacial score (nSPS) is 21.8. The van der Waals surface area contributed by atoms with E-state index < -0.39 is 16.6 Å². The van der Waals surface area contributed by atoms with Crippen LogP contribution >= 0.6 is 23.2 Å². The van der Waals surface area contributed by atoms with Gasteiger partial charge in [-0.1, -0.05) is 89.0 Å². The molecule has 472 valence electrons. The Labute approximate surface area is 520 Å². The summed E-state index contributed by atoms with van der Waals surface area (Å²) in [5.74, 6) is 4.16. The van der Waals surface area contributed by atoms with Gasteiger partial charge in [-0.25, -0.2) is 4.79 Å². The number of methoxy groups -OCH3 is 6. The summed E-state index contributed by atoms with van der Waals surface area (Å²) in [6.45, 7) is 27.5. The molecule has 2 aliphatic heterocycles. The van der Waals surface area contributed by atoms with Gasteiger partial charge in [0.25, 0.3) is 0 Å². The highest BCUT2D eigenvalue weighted by molar-refractivity contribution is 6.74. The van der Waals surface area contributed by atoms with Gasteiger partial charge in [-0.15, -0.1) is 4.91 Å². The van der Waals surface area contributed by atoms with Crippen molar-refractivity contribution in [2.75, 3.05) is 74.2 Å². The molecule has 4 N–H and O–H groups in total. The molecule has 85 heavy (non-hydrogen) atoms. The first-order chi connectivity index (χ1) is 40.1. The lowest BCUT2D eigenvalue weighted by Crippen LogP contribution is -2.52. The van der Waals surface area contributed by atoms with Crippen molar-refractivity contribution in [2.45, 2.75) is 178 Å². The predicted octanol–water partition coefficient (Wildman–Crippen LogP) is 14.9. The molecule has 4 aliphatic rings. The van der Waals surface area contributed by atoms with Crippen LogP contribution in [0.25, 0.3) is 0 Å². The Kier molecular flexibility index (Phi) is 25.3. The zero-order valence-corrected chi connectivity index (χ0v) is 57.2. The molecule has 2 saturated carbocycles. The van der Waals surface area contributed by atoms with Gasteiger partial charge in [-0.05, 0) is 179 Å². The van der Waals surface area contributed by atoms with Crippen molar-refractivity contribution in [3.05, 3.63) is 98.9 Å². The molecule has 20 heteroatoms. The van der Waals surface area contributed by atoms with Crippen molar-refractivity contribution in [1.82, 2.24) is 15.1 Å². The number of ether oxygens (including phenoxy) is 6. The highest BCUT2D eigenvalue weighted by atomic mass is 35.5. The molecule has 0 bridgehead atoms. The van der Waals surface area contributed by atoms with Crippen LogP contribution in [0.4, 0.5) is 16.2 Å². The van der Waals surface area contributed by atoms with Crippen LogP contribution in [-0.4, -0.2) is 138 Å². The Morgan fingerprint density at radius 2 is 0.953 bits per heavy atom. The van der Waals surface area contributed by atoms with Crippen molar-refractivity contribution in [3.8, 4) is 34.5 Å². The summed E-state index contributed by atoms with van der Waals surface area (Å²) < 4.78 is 45.0. The molecule has 16 nitrogen and oxygen atoms in total. The number of likely N-dealkylation sites (tertiary alicyclic amines) is 2. The van der Waals surface area contributed by atoms with Crippen LogP contribution in [0, 0.1) is 16.7 Å². The van der Waals surface area contributed by atoms with Gasteiger partial charge in [0.15, 0.2) is 39.6 Å². The first-order valence-corrected chi connectivity index (χ1v) is 36.8. The fraction of sp³-hybridized carbons (Fsp3) is 0.615. The van der Waals surface area contributed by atoms with Crippen LogP contribution in [0.1, 0.15) is 104 Å². The number of hydrogen-bond acceptors (Lipinski definition) is 14. The van der Waals surface area contributed by atoms with E-state index in [9.17, 15) is 9.70 Å². The molecule has 4 aromatic rings. The fourth-order valence-corrected chi connectivity index (χ4v) is 14.8. The van der Waals surface area contributed by atoms with Crippen molar-refractivity contribution in [3.63, 3.8) is 0 Å². The second kappa shape index (κ2) is 31.0. The minimum atomic E-state index is -1.96. The number of halogens is 2. The third-order valence-electron chi connectivity index (χ3n) is 18.7. The molecule has 0 spiro atoms. The maximum atomic E-state index is 13.4. The second-order valence-corrected chi connectivity index (χ2v) is 36.8. The van der Waals surface area contributed by atoms with Crippen molar-refractivity contribution in [1.29, 1.82) is 0 Å². The summed E-state index contributed by atoms with van der Waals surface area (Å²) in [4.78, 5) is 29.0. The van der Waals surface area contributed by atoms with E-state index in [1.54, 1.807) is 33.5 Å². The molecule has 8 rings (SSSR count). The number of nitroso groups, excluding NO2 is 1. The summed E-state index contributed by atoms with van der Waals surface area (Å²) in [6, 6.07) is 23.7. The van der Waals surface area contributed by atoms with Gasteiger partial charge < -0.3 is 53.6 Å². The zero-order valence-electron chi connectivity index (χ0n) is 53.7. The van der Waals surface area contributed by atoms with Gasteiger partial charge in [0.1, 0.15) is 5.69 Å². The van der Waals surface area contributed by atoms with Gasteiger partial charge in [-0.2, -0.15) is 0 Å². The average molecular weight is 1250 g/mol. The van der Waals surface area contributed by atoms with E-state index in [2.05, 4.69) is 118 Å². The van der Waals surface area contributed by atoms with E-state index in [0.717, 1.165) is 74.0 Å². The Bertz CT molecular complexity index is 2700. The zero-order chi connectivity index (χ0) is 62.4. The van der Waals surface area contributed by atoms with Crippen molar-refractivity contribution >= 4 is 57.2 Å². The summed E-state index contributed by atoms with van der Waals surface area (Å²) in [5, 5.41) is 11.1. The van der Waals surface area contributed by atoms with Crippen LogP contribution in [0.5, 0.6) is 34.5 Å². The largest absolute Gasteiger partial charge is 0.493 e. The quantitative estimate of drug-likeness (QED) is 0.0598. The number of amides is 2. The number of rotatable bonds is 19. The van der Waals surface area contributed by atoms with E-state index in [-0.39, 0.29) is 46.0 Å². The number of hydrogen-bond donors (Lipinski definition) is 3. The van der Waals surface area contributed by atoms with Gasteiger partial charge in [0, 0.05) is 70.7 Å². The molecule has 0 radical (unpaired) electrons. The number of anilines is 1.